The van der Waals surface area contributed by atoms with Crippen molar-refractivity contribution in [2.45, 2.75) is 43.8 Å². The Kier molecular flexibility index (Phi) is 4.59. The normalized spacial score (nSPS) is 25.2. The lowest BCUT2D eigenvalue weighted by molar-refractivity contribution is -0.116. The lowest BCUT2D eigenvalue weighted by Crippen LogP contribution is -2.48. The minimum Gasteiger partial charge on any atom is -0.398 e. The van der Waals surface area contributed by atoms with E-state index < -0.39 is 0 Å². The van der Waals surface area contributed by atoms with Crippen molar-refractivity contribution in [3.63, 3.8) is 0 Å². The van der Waals surface area contributed by atoms with Crippen molar-refractivity contribution in [2.75, 3.05) is 12.8 Å². The number of rotatable bonds is 4. The smallest absolute Gasteiger partial charge is 0.251 e. The molecule has 2 fully saturated rings. The number of amides is 1. The number of nitrogen functional groups attached to an aromatic ring is 1. The molecule has 0 saturated carbocycles. The fourth-order valence-electron chi connectivity index (χ4n) is 4.37. The maximum absolute atomic E-state index is 12.7. The summed E-state index contributed by atoms with van der Waals surface area (Å²) in [6.07, 6.45) is 4.54. The third-order valence-corrected chi connectivity index (χ3v) is 6.62. The van der Waals surface area contributed by atoms with Gasteiger partial charge in [-0.25, -0.2) is 0 Å². The Bertz CT molecular complexity index is 816. The van der Waals surface area contributed by atoms with E-state index in [9.17, 15) is 4.79 Å². The first-order valence-electron chi connectivity index (χ1n) is 9.17. The first-order valence-corrected chi connectivity index (χ1v) is 10.1. The summed E-state index contributed by atoms with van der Waals surface area (Å²) in [6.45, 7) is 4.01. The highest BCUT2D eigenvalue weighted by molar-refractivity contribution is 7.08. The summed E-state index contributed by atoms with van der Waals surface area (Å²) in [5.41, 5.74) is 10.2. The number of carbonyl (C=O) groups is 1. The van der Waals surface area contributed by atoms with Crippen LogP contribution in [0.15, 0.2) is 41.6 Å². The van der Waals surface area contributed by atoms with Gasteiger partial charge in [0.05, 0.1) is 0 Å². The topological polar surface area (TPSA) is 58.4 Å². The number of carbonyl (C=O) groups excluding carboxylic acids is 1. The molecule has 26 heavy (non-hydrogen) atoms. The van der Waals surface area contributed by atoms with Crippen molar-refractivity contribution in [3.05, 3.63) is 47.2 Å². The van der Waals surface area contributed by atoms with E-state index in [1.165, 1.54) is 12.8 Å². The Morgan fingerprint density at radius 3 is 2.58 bits per heavy atom. The van der Waals surface area contributed by atoms with E-state index in [4.69, 9.17) is 5.73 Å². The number of hydrogen-bond acceptors (Lipinski definition) is 4. The molecule has 1 amide bonds. The summed E-state index contributed by atoms with van der Waals surface area (Å²) in [5, 5.41) is 7.32. The lowest BCUT2D eigenvalue weighted by Gasteiger charge is -2.36. The Hall–Kier alpha value is -2.11. The Morgan fingerprint density at radius 1 is 1.23 bits per heavy atom. The number of nitrogens with zero attached hydrogens (tertiary/aromatic N) is 1. The number of benzene rings is 1. The van der Waals surface area contributed by atoms with E-state index in [-0.39, 0.29) is 11.9 Å². The molecule has 3 N–H and O–H groups in total. The molecule has 4 rings (SSSR count). The van der Waals surface area contributed by atoms with E-state index in [2.05, 4.69) is 35.3 Å². The summed E-state index contributed by atoms with van der Waals surface area (Å²) in [6, 6.07) is 9.33. The van der Waals surface area contributed by atoms with Crippen LogP contribution in [0.5, 0.6) is 0 Å². The van der Waals surface area contributed by atoms with Crippen LogP contribution in [0.1, 0.15) is 31.2 Å². The molecule has 2 aliphatic heterocycles. The molecule has 2 aliphatic rings. The molecule has 136 valence electrons. The van der Waals surface area contributed by atoms with Crippen molar-refractivity contribution in [2.24, 2.45) is 0 Å². The molecule has 0 radical (unpaired) electrons. The molecule has 2 aromatic rings. The van der Waals surface area contributed by atoms with E-state index in [0.29, 0.717) is 23.3 Å². The van der Waals surface area contributed by atoms with Gasteiger partial charge < -0.3 is 16.0 Å². The van der Waals surface area contributed by atoms with E-state index >= 15 is 0 Å². The summed E-state index contributed by atoms with van der Waals surface area (Å²) < 4.78 is 0. The molecule has 5 heteroatoms. The molecule has 2 unspecified atom stereocenters. The second-order valence-corrected chi connectivity index (χ2v) is 8.26. The summed E-state index contributed by atoms with van der Waals surface area (Å²) in [4.78, 5) is 15.2. The predicted octanol–water partition coefficient (Wildman–Crippen LogP) is 3.75. The zero-order chi connectivity index (χ0) is 18.3. The molecule has 1 aromatic carbocycles. The Balaban J connectivity index is 1.45. The Morgan fingerprint density at radius 2 is 1.96 bits per heavy atom. The molecule has 1 aromatic heterocycles. The fraction of sp³-hybridized carbons (Fsp3) is 0.381. The van der Waals surface area contributed by atoms with Gasteiger partial charge in [0.25, 0.3) is 5.91 Å². The van der Waals surface area contributed by atoms with Gasteiger partial charge in [-0.15, -0.1) is 0 Å². The van der Waals surface area contributed by atoms with Crippen LogP contribution >= 0.6 is 11.3 Å². The molecule has 2 bridgehead atoms. The highest BCUT2D eigenvalue weighted by Gasteiger charge is 2.38. The van der Waals surface area contributed by atoms with Crippen molar-refractivity contribution in [1.29, 1.82) is 0 Å². The van der Waals surface area contributed by atoms with Gasteiger partial charge in [0.15, 0.2) is 0 Å². The number of fused-ring (bicyclic) bond motifs is 2. The number of thiophene rings is 1. The molecule has 4 nitrogen and oxygen atoms in total. The maximum atomic E-state index is 12.7. The van der Waals surface area contributed by atoms with Crippen molar-refractivity contribution >= 4 is 28.5 Å². The zero-order valence-corrected chi connectivity index (χ0v) is 15.9. The van der Waals surface area contributed by atoms with E-state index in [0.717, 1.165) is 29.5 Å². The maximum Gasteiger partial charge on any atom is 0.251 e. The van der Waals surface area contributed by atoms with Crippen LogP contribution in [0, 0.1) is 0 Å². The van der Waals surface area contributed by atoms with E-state index in [1.54, 1.807) is 11.3 Å². The number of nitrogens with two attached hydrogens (primary N) is 1. The molecule has 3 heterocycles. The molecule has 0 spiro atoms. The number of hydrogen-bond donors (Lipinski definition) is 2. The minimum absolute atomic E-state index is 0.103. The highest BCUT2D eigenvalue weighted by atomic mass is 32.1. The van der Waals surface area contributed by atoms with Crippen LogP contribution in [-0.2, 0) is 4.79 Å². The number of anilines is 1. The van der Waals surface area contributed by atoms with Gasteiger partial charge in [0, 0.05) is 34.9 Å². The van der Waals surface area contributed by atoms with Gasteiger partial charge in [-0.3, -0.25) is 4.79 Å². The van der Waals surface area contributed by atoms with Crippen LogP contribution in [0.3, 0.4) is 0 Å². The summed E-state index contributed by atoms with van der Waals surface area (Å²) in [5.74, 6) is -0.103. The second-order valence-electron chi connectivity index (χ2n) is 7.48. The first kappa shape index (κ1) is 17.3. The quantitative estimate of drug-likeness (QED) is 0.639. The van der Waals surface area contributed by atoms with Crippen LogP contribution in [-0.4, -0.2) is 36.0 Å². The standard InChI is InChI=1S/C21H25N3OS/c1-13(19-6-3-14(9-20(19)22)15-7-8-26-12-15)21(25)23-16-10-17-4-5-18(11-16)24(17)2/h3,6-9,12,16-18H,1,4-5,10-11,22H2,2H3,(H,23,25). The van der Waals surface area contributed by atoms with Crippen LogP contribution in [0.2, 0.25) is 0 Å². The fourth-order valence-corrected chi connectivity index (χ4v) is 5.04. The molecular formula is C21H25N3OS. The SMILES string of the molecule is C=C(C(=O)NC1CC2CCC(C1)N2C)c1ccc(-c2ccsc2)cc1N. The highest BCUT2D eigenvalue weighted by Crippen LogP contribution is 2.34. The van der Waals surface area contributed by atoms with Crippen molar-refractivity contribution in [3.8, 4) is 11.1 Å². The zero-order valence-electron chi connectivity index (χ0n) is 15.1. The second kappa shape index (κ2) is 6.89. The van der Waals surface area contributed by atoms with Gasteiger partial charge in [-0.05, 0) is 66.8 Å². The van der Waals surface area contributed by atoms with E-state index in [1.807, 2.05) is 23.6 Å². The number of nitrogens with one attached hydrogen (secondary N) is 1. The average molecular weight is 368 g/mol. The van der Waals surface area contributed by atoms with Gasteiger partial charge in [-0.2, -0.15) is 11.3 Å². The van der Waals surface area contributed by atoms with Gasteiger partial charge in [0.1, 0.15) is 0 Å². The number of piperidine rings is 1. The molecular weight excluding hydrogens is 342 g/mol. The molecule has 2 saturated heterocycles. The summed E-state index contributed by atoms with van der Waals surface area (Å²) in [7, 11) is 2.20. The third-order valence-electron chi connectivity index (χ3n) is 5.94. The van der Waals surface area contributed by atoms with Crippen molar-refractivity contribution < 1.29 is 4.79 Å². The summed E-state index contributed by atoms with van der Waals surface area (Å²) >= 11 is 1.65. The molecule has 0 aliphatic carbocycles. The van der Waals surface area contributed by atoms with Crippen LogP contribution in [0.25, 0.3) is 16.7 Å². The van der Waals surface area contributed by atoms with Gasteiger partial charge in [0.2, 0.25) is 0 Å². The predicted molar refractivity (Wildman–Crippen MR) is 109 cm³/mol. The van der Waals surface area contributed by atoms with Crippen molar-refractivity contribution in [1.82, 2.24) is 10.2 Å². The third kappa shape index (κ3) is 3.17. The lowest BCUT2D eigenvalue weighted by atomic mass is 9.96. The first-order chi connectivity index (χ1) is 12.5. The minimum atomic E-state index is -0.103. The Labute approximate surface area is 158 Å². The van der Waals surface area contributed by atoms with Crippen LogP contribution in [0.4, 0.5) is 5.69 Å². The van der Waals surface area contributed by atoms with Crippen LogP contribution < -0.4 is 11.1 Å². The molecule has 2 atom stereocenters. The monoisotopic (exact) mass is 367 g/mol. The average Bonchev–Trinajstić information content (AvgIpc) is 3.21. The largest absolute Gasteiger partial charge is 0.398 e. The van der Waals surface area contributed by atoms with Gasteiger partial charge >= 0.3 is 0 Å². The van der Waals surface area contributed by atoms with Gasteiger partial charge in [-0.1, -0.05) is 18.7 Å².